The van der Waals surface area contributed by atoms with E-state index in [1.807, 2.05) is 55.1 Å². The van der Waals surface area contributed by atoms with E-state index in [0.29, 0.717) is 45.8 Å². The van der Waals surface area contributed by atoms with Gasteiger partial charge in [-0.05, 0) is 42.3 Å². The Morgan fingerprint density at radius 2 is 1.71 bits per heavy atom. The lowest BCUT2D eigenvalue weighted by molar-refractivity contribution is -0.141. The summed E-state index contributed by atoms with van der Waals surface area (Å²) in [6, 6.07) is 11.6. The Kier molecular flexibility index (Phi) is 9.21. The number of rotatable bonds is 10. The normalized spacial score (nSPS) is 13.8. The molecular weight excluding hydrogens is 434 g/mol. The molecule has 2 aromatic rings. The zero-order valence-electron chi connectivity index (χ0n) is 20.6. The van der Waals surface area contributed by atoms with Crippen LogP contribution in [0.25, 0.3) is 11.3 Å². The monoisotopic (exact) mass is 469 g/mol. The third kappa shape index (κ3) is 6.90. The molecular formula is C25H35N5O4. The quantitative estimate of drug-likeness (QED) is 0.528. The van der Waals surface area contributed by atoms with Crippen molar-refractivity contribution in [3.8, 4) is 17.0 Å². The lowest BCUT2D eigenvalue weighted by Crippen LogP contribution is -2.52. The minimum Gasteiger partial charge on any atom is -0.497 e. The summed E-state index contributed by atoms with van der Waals surface area (Å²) in [6.07, 6.45) is 0.427. The molecule has 1 fully saturated rings. The average molecular weight is 470 g/mol. The number of carbonyl (C=O) groups is 2. The van der Waals surface area contributed by atoms with E-state index < -0.39 is 0 Å². The summed E-state index contributed by atoms with van der Waals surface area (Å²) in [5.41, 5.74) is 1.77. The first kappa shape index (κ1) is 25.4. The molecule has 1 aliphatic heterocycles. The number of piperazine rings is 1. The summed E-state index contributed by atoms with van der Waals surface area (Å²) in [6.45, 7) is 7.42. The van der Waals surface area contributed by atoms with Gasteiger partial charge in [0.2, 0.25) is 11.8 Å². The minimum absolute atomic E-state index is 0.00809. The smallest absolute Gasteiger partial charge is 0.242 e. The molecule has 9 nitrogen and oxygen atoms in total. The molecule has 0 saturated carbocycles. The number of benzene rings is 1. The van der Waals surface area contributed by atoms with Crippen LogP contribution in [0.5, 0.6) is 5.75 Å². The van der Waals surface area contributed by atoms with Crippen molar-refractivity contribution in [3.63, 3.8) is 0 Å². The highest BCUT2D eigenvalue weighted by molar-refractivity contribution is 5.85. The summed E-state index contributed by atoms with van der Waals surface area (Å²) < 4.78 is 10.3. The molecule has 0 radical (unpaired) electrons. The van der Waals surface area contributed by atoms with Crippen molar-refractivity contribution in [1.82, 2.24) is 20.0 Å². The standard InChI is InChI=1S/C25H35N5O4/c1-19(2)17-24(31)30(15-16-33-3)18-25(32)29-13-11-28(12-14-29)23-10-9-22(26-27-23)20-5-7-21(34-4)8-6-20/h5-10,19H,11-18H2,1-4H3. The summed E-state index contributed by atoms with van der Waals surface area (Å²) in [7, 11) is 3.24. The second kappa shape index (κ2) is 12.3. The van der Waals surface area contributed by atoms with Gasteiger partial charge in [-0.25, -0.2) is 0 Å². The maximum absolute atomic E-state index is 12.9. The van der Waals surface area contributed by atoms with E-state index in [2.05, 4.69) is 15.1 Å². The Morgan fingerprint density at radius 3 is 2.26 bits per heavy atom. The van der Waals surface area contributed by atoms with E-state index in [9.17, 15) is 9.59 Å². The van der Waals surface area contributed by atoms with Crippen molar-refractivity contribution in [2.24, 2.45) is 5.92 Å². The number of amides is 2. The predicted octanol–water partition coefficient (Wildman–Crippen LogP) is 2.32. The predicted molar refractivity (Wildman–Crippen MR) is 131 cm³/mol. The van der Waals surface area contributed by atoms with E-state index in [1.165, 1.54) is 0 Å². The Balaban J connectivity index is 1.54. The molecule has 9 heteroatoms. The molecule has 0 bridgehead atoms. The summed E-state index contributed by atoms with van der Waals surface area (Å²) in [4.78, 5) is 31.0. The molecule has 1 aliphatic rings. The summed E-state index contributed by atoms with van der Waals surface area (Å²) in [5, 5.41) is 8.77. The zero-order chi connectivity index (χ0) is 24.5. The van der Waals surface area contributed by atoms with Crippen LogP contribution in [0.3, 0.4) is 0 Å². The number of ether oxygens (including phenoxy) is 2. The summed E-state index contributed by atoms with van der Waals surface area (Å²) >= 11 is 0. The fraction of sp³-hybridized carbons (Fsp3) is 0.520. The first-order valence-electron chi connectivity index (χ1n) is 11.7. The average Bonchev–Trinajstić information content (AvgIpc) is 2.86. The van der Waals surface area contributed by atoms with Crippen LogP contribution in [0.4, 0.5) is 5.82 Å². The third-order valence-electron chi connectivity index (χ3n) is 5.82. The first-order chi connectivity index (χ1) is 16.4. The maximum Gasteiger partial charge on any atom is 0.242 e. The molecule has 1 aromatic carbocycles. The van der Waals surface area contributed by atoms with E-state index in [0.717, 1.165) is 22.8 Å². The van der Waals surface area contributed by atoms with Gasteiger partial charge in [0.1, 0.15) is 5.75 Å². The number of anilines is 1. The van der Waals surface area contributed by atoms with Gasteiger partial charge in [0.15, 0.2) is 5.82 Å². The Labute approximate surface area is 201 Å². The molecule has 0 spiro atoms. The number of methoxy groups -OCH3 is 2. The maximum atomic E-state index is 12.9. The largest absolute Gasteiger partial charge is 0.497 e. The van der Waals surface area contributed by atoms with Crippen molar-refractivity contribution < 1.29 is 19.1 Å². The van der Waals surface area contributed by atoms with E-state index in [1.54, 1.807) is 19.1 Å². The highest BCUT2D eigenvalue weighted by atomic mass is 16.5. The number of hydrogen-bond acceptors (Lipinski definition) is 7. The van der Waals surface area contributed by atoms with Crippen molar-refractivity contribution in [1.29, 1.82) is 0 Å². The highest BCUT2D eigenvalue weighted by Gasteiger charge is 2.25. The van der Waals surface area contributed by atoms with Crippen molar-refractivity contribution in [2.45, 2.75) is 20.3 Å². The molecule has 0 N–H and O–H groups in total. The van der Waals surface area contributed by atoms with Crippen molar-refractivity contribution in [2.75, 3.05) is 65.0 Å². The van der Waals surface area contributed by atoms with Crippen LogP contribution in [0, 0.1) is 5.92 Å². The highest BCUT2D eigenvalue weighted by Crippen LogP contribution is 2.22. The van der Waals surface area contributed by atoms with E-state index >= 15 is 0 Å². The van der Waals surface area contributed by atoms with Gasteiger partial charge >= 0.3 is 0 Å². The van der Waals surface area contributed by atoms with Crippen LogP contribution < -0.4 is 9.64 Å². The molecule has 34 heavy (non-hydrogen) atoms. The Bertz CT molecular complexity index is 925. The van der Waals surface area contributed by atoms with Crippen LogP contribution in [0.1, 0.15) is 20.3 Å². The fourth-order valence-electron chi connectivity index (χ4n) is 3.83. The van der Waals surface area contributed by atoms with Gasteiger partial charge in [-0.2, -0.15) is 0 Å². The van der Waals surface area contributed by atoms with Gasteiger partial charge in [0.05, 0.1) is 26.0 Å². The Hall–Kier alpha value is -3.20. The third-order valence-corrected chi connectivity index (χ3v) is 5.82. The SMILES string of the molecule is COCCN(CC(=O)N1CCN(c2ccc(-c3ccc(OC)cc3)nn2)CC1)C(=O)CC(C)C. The number of aromatic nitrogens is 2. The molecule has 1 saturated heterocycles. The topological polar surface area (TPSA) is 88.1 Å². The molecule has 2 heterocycles. The van der Waals surface area contributed by atoms with Gasteiger partial charge in [-0.15, -0.1) is 10.2 Å². The van der Waals surface area contributed by atoms with Crippen molar-refractivity contribution >= 4 is 17.6 Å². The molecule has 0 unspecified atom stereocenters. The lowest BCUT2D eigenvalue weighted by atomic mass is 10.1. The van der Waals surface area contributed by atoms with Gasteiger partial charge in [-0.3, -0.25) is 9.59 Å². The number of hydrogen-bond donors (Lipinski definition) is 0. The first-order valence-corrected chi connectivity index (χ1v) is 11.7. The Morgan fingerprint density at radius 1 is 1.00 bits per heavy atom. The molecule has 3 rings (SSSR count). The molecule has 2 amide bonds. The minimum atomic E-state index is -0.0335. The molecule has 0 aliphatic carbocycles. The fourth-order valence-corrected chi connectivity index (χ4v) is 3.83. The number of nitrogens with zero attached hydrogens (tertiary/aromatic N) is 5. The van der Waals surface area contributed by atoms with Gasteiger partial charge in [0.25, 0.3) is 0 Å². The zero-order valence-corrected chi connectivity index (χ0v) is 20.6. The van der Waals surface area contributed by atoms with Crippen LogP contribution in [-0.2, 0) is 14.3 Å². The van der Waals surface area contributed by atoms with Crippen LogP contribution >= 0.6 is 0 Å². The van der Waals surface area contributed by atoms with Gasteiger partial charge < -0.3 is 24.2 Å². The second-order valence-electron chi connectivity index (χ2n) is 8.78. The van der Waals surface area contributed by atoms with Gasteiger partial charge in [-0.1, -0.05) is 13.8 Å². The van der Waals surface area contributed by atoms with Crippen molar-refractivity contribution in [3.05, 3.63) is 36.4 Å². The van der Waals surface area contributed by atoms with Crippen LogP contribution in [0.15, 0.2) is 36.4 Å². The molecule has 0 atom stereocenters. The summed E-state index contributed by atoms with van der Waals surface area (Å²) in [5.74, 6) is 1.79. The van der Waals surface area contributed by atoms with Gasteiger partial charge in [0, 0.05) is 51.8 Å². The lowest BCUT2D eigenvalue weighted by Gasteiger charge is -2.36. The van der Waals surface area contributed by atoms with E-state index in [-0.39, 0.29) is 24.3 Å². The van der Waals surface area contributed by atoms with E-state index in [4.69, 9.17) is 9.47 Å². The van der Waals surface area contributed by atoms with Crippen LogP contribution in [0.2, 0.25) is 0 Å². The van der Waals surface area contributed by atoms with Crippen LogP contribution in [-0.4, -0.2) is 91.9 Å². The second-order valence-corrected chi connectivity index (χ2v) is 8.78. The molecule has 1 aromatic heterocycles. The number of carbonyl (C=O) groups excluding carboxylic acids is 2. The molecule has 184 valence electrons.